The highest BCUT2D eigenvalue weighted by molar-refractivity contribution is 5.99. The number of hydrogen-bond donors (Lipinski definition) is 2. The van der Waals surface area contributed by atoms with Crippen LogP contribution in [0.5, 0.6) is 0 Å². The largest absolute Gasteiger partial charge is 0.378 e. The van der Waals surface area contributed by atoms with Crippen LogP contribution in [0.2, 0.25) is 0 Å². The van der Waals surface area contributed by atoms with Crippen molar-refractivity contribution in [2.75, 3.05) is 0 Å². The molecule has 102 valence electrons. The fourth-order valence-electron chi connectivity index (χ4n) is 1.64. The summed E-state index contributed by atoms with van der Waals surface area (Å²) < 4.78 is 0. The summed E-state index contributed by atoms with van der Waals surface area (Å²) in [6.45, 7) is 1.77. The van der Waals surface area contributed by atoms with E-state index >= 15 is 0 Å². The monoisotopic (exact) mass is 269 g/mol. The quantitative estimate of drug-likeness (QED) is 0.654. The molecule has 1 aromatic heterocycles. The number of aromatic nitrogens is 1. The third-order valence-corrected chi connectivity index (χ3v) is 2.80. The Labute approximate surface area is 117 Å². The van der Waals surface area contributed by atoms with Gasteiger partial charge in [0.05, 0.1) is 5.71 Å². The molecule has 0 aliphatic heterocycles. The molecule has 0 bridgehead atoms. The number of hydrogen-bond acceptors (Lipinski definition) is 4. The van der Waals surface area contributed by atoms with E-state index in [2.05, 4.69) is 15.5 Å². The number of nitrogens with zero attached hydrogens (tertiary/aromatic N) is 2. The lowest BCUT2D eigenvalue weighted by Gasteiger charge is -2.09. The standard InChI is InChI=1S/C15H15N3O2/c1-11(12-7-9-16-10-8-12)17-18-15(20)14(19)13-5-3-2-4-6-13/h2-10,14,19H,1H3,(H,18,20)/b17-11+. The van der Waals surface area contributed by atoms with Crippen LogP contribution >= 0.6 is 0 Å². The van der Waals surface area contributed by atoms with Crippen LogP contribution in [0.4, 0.5) is 0 Å². The van der Waals surface area contributed by atoms with Crippen molar-refractivity contribution in [3.05, 3.63) is 66.0 Å². The Bertz CT molecular complexity index is 597. The minimum atomic E-state index is -1.23. The fourth-order valence-corrected chi connectivity index (χ4v) is 1.64. The second-order valence-electron chi connectivity index (χ2n) is 4.22. The lowest BCUT2D eigenvalue weighted by Crippen LogP contribution is -2.26. The number of carbonyl (C=O) groups excluding carboxylic acids is 1. The Morgan fingerprint density at radius 2 is 1.85 bits per heavy atom. The molecular weight excluding hydrogens is 254 g/mol. The van der Waals surface area contributed by atoms with Crippen LogP contribution in [0.3, 0.4) is 0 Å². The molecule has 0 fully saturated rings. The van der Waals surface area contributed by atoms with Gasteiger partial charge in [-0.25, -0.2) is 5.43 Å². The van der Waals surface area contributed by atoms with Gasteiger partial charge < -0.3 is 5.11 Å². The molecule has 0 aliphatic rings. The maximum atomic E-state index is 11.8. The first-order chi connectivity index (χ1) is 9.68. The predicted octanol–water partition coefficient (Wildman–Crippen LogP) is 1.66. The number of amides is 1. The maximum Gasteiger partial charge on any atom is 0.273 e. The Kier molecular flexibility index (Phi) is 4.57. The minimum Gasteiger partial charge on any atom is -0.378 e. The van der Waals surface area contributed by atoms with E-state index in [1.807, 2.05) is 6.07 Å². The van der Waals surface area contributed by atoms with E-state index in [-0.39, 0.29) is 0 Å². The third-order valence-electron chi connectivity index (χ3n) is 2.80. The molecule has 20 heavy (non-hydrogen) atoms. The van der Waals surface area contributed by atoms with Gasteiger partial charge in [-0.3, -0.25) is 9.78 Å². The van der Waals surface area contributed by atoms with Crippen LogP contribution in [0.15, 0.2) is 60.0 Å². The number of nitrogens with one attached hydrogen (secondary N) is 1. The number of hydrazone groups is 1. The summed E-state index contributed by atoms with van der Waals surface area (Å²) >= 11 is 0. The van der Waals surface area contributed by atoms with Gasteiger partial charge >= 0.3 is 0 Å². The van der Waals surface area contributed by atoms with Crippen molar-refractivity contribution in [1.29, 1.82) is 0 Å². The van der Waals surface area contributed by atoms with Gasteiger partial charge in [0.1, 0.15) is 0 Å². The summed E-state index contributed by atoms with van der Waals surface area (Å²) in [4.78, 5) is 15.7. The van der Waals surface area contributed by atoms with Crippen LogP contribution in [0, 0.1) is 0 Å². The molecule has 1 unspecified atom stereocenters. The van der Waals surface area contributed by atoms with Crippen molar-refractivity contribution in [3.8, 4) is 0 Å². The second-order valence-corrected chi connectivity index (χ2v) is 4.22. The highest BCUT2D eigenvalue weighted by Gasteiger charge is 2.16. The van der Waals surface area contributed by atoms with E-state index < -0.39 is 12.0 Å². The van der Waals surface area contributed by atoms with Crippen LogP contribution < -0.4 is 5.43 Å². The second kappa shape index (κ2) is 6.58. The Morgan fingerprint density at radius 3 is 2.50 bits per heavy atom. The topological polar surface area (TPSA) is 74.6 Å². The summed E-state index contributed by atoms with van der Waals surface area (Å²) in [5, 5.41) is 13.9. The molecule has 1 atom stereocenters. The average Bonchev–Trinajstić information content (AvgIpc) is 2.53. The number of benzene rings is 1. The van der Waals surface area contributed by atoms with Crippen molar-refractivity contribution in [3.63, 3.8) is 0 Å². The van der Waals surface area contributed by atoms with Crippen LogP contribution in [-0.2, 0) is 4.79 Å². The van der Waals surface area contributed by atoms with E-state index in [9.17, 15) is 9.90 Å². The molecule has 5 heteroatoms. The Hall–Kier alpha value is -2.53. The fraction of sp³-hybridized carbons (Fsp3) is 0.133. The average molecular weight is 269 g/mol. The normalized spacial score (nSPS) is 12.8. The summed E-state index contributed by atoms with van der Waals surface area (Å²) in [5.41, 5.74) is 4.38. The van der Waals surface area contributed by atoms with Gasteiger partial charge in [0, 0.05) is 18.0 Å². The minimum absolute atomic E-state index is 0.529. The number of pyridine rings is 1. The van der Waals surface area contributed by atoms with Crippen molar-refractivity contribution in [2.24, 2.45) is 5.10 Å². The van der Waals surface area contributed by atoms with Gasteiger partial charge in [-0.1, -0.05) is 30.3 Å². The number of aliphatic hydroxyl groups excluding tert-OH is 1. The molecule has 2 rings (SSSR count). The molecule has 0 aliphatic carbocycles. The molecule has 1 amide bonds. The zero-order valence-electron chi connectivity index (χ0n) is 11.0. The van der Waals surface area contributed by atoms with Crippen molar-refractivity contribution in [1.82, 2.24) is 10.4 Å². The van der Waals surface area contributed by atoms with Gasteiger partial charge in [-0.15, -0.1) is 0 Å². The number of rotatable bonds is 4. The van der Waals surface area contributed by atoms with Gasteiger partial charge in [-0.2, -0.15) is 5.10 Å². The lowest BCUT2D eigenvalue weighted by molar-refractivity contribution is -0.129. The van der Waals surface area contributed by atoms with Crippen molar-refractivity contribution < 1.29 is 9.90 Å². The van der Waals surface area contributed by atoms with Crippen molar-refractivity contribution in [2.45, 2.75) is 13.0 Å². The summed E-state index contributed by atoms with van der Waals surface area (Å²) in [6, 6.07) is 12.3. The van der Waals surface area contributed by atoms with Crippen LogP contribution in [0.25, 0.3) is 0 Å². The number of carbonyl (C=O) groups is 1. The first-order valence-corrected chi connectivity index (χ1v) is 6.16. The van der Waals surface area contributed by atoms with Gasteiger partial charge in [0.2, 0.25) is 0 Å². The zero-order chi connectivity index (χ0) is 14.4. The first-order valence-electron chi connectivity index (χ1n) is 6.16. The van der Waals surface area contributed by atoms with Gasteiger partial charge in [-0.05, 0) is 24.6 Å². The number of aliphatic hydroxyl groups is 1. The van der Waals surface area contributed by atoms with E-state index in [1.165, 1.54) is 0 Å². The smallest absolute Gasteiger partial charge is 0.273 e. The molecule has 0 saturated heterocycles. The van der Waals surface area contributed by atoms with Crippen LogP contribution in [0.1, 0.15) is 24.2 Å². The summed E-state index contributed by atoms with van der Waals surface area (Å²) in [5.74, 6) is -0.565. The Balaban J connectivity index is 2.02. The van der Waals surface area contributed by atoms with E-state index in [0.717, 1.165) is 5.56 Å². The third kappa shape index (κ3) is 3.49. The van der Waals surface area contributed by atoms with E-state index in [1.54, 1.807) is 55.7 Å². The van der Waals surface area contributed by atoms with E-state index in [0.29, 0.717) is 11.3 Å². The van der Waals surface area contributed by atoms with Crippen LogP contribution in [-0.4, -0.2) is 21.7 Å². The Morgan fingerprint density at radius 1 is 1.20 bits per heavy atom. The molecule has 0 spiro atoms. The predicted molar refractivity (Wildman–Crippen MR) is 76.0 cm³/mol. The van der Waals surface area contributed by atoms with Gasteiger partial charge in [0.25, 0.3) is 5.91 Å². The van der Waals surface area contributed by atoms with E-state index in [4.69, 9.17) is 0 Å². The molecule has 0 saturated carbocycles. The van der Waals surface area contributed by atoms with Crippen molar-refractivity contribution >= 4 is 11.6 Å². The first kappa shape index (κ1) is 13.9. The lowest BCUT2D eigenvalue weighted by atomic mass is 10.1. The molecule has 1 heterocycles. The highest BCUT2D eigenvalue weighted by Crippen LogP contribution is 2.11. The molecular formula is C15H15N3O2. The SMILES string of the molecule is C/C(=N\NC(=O)C(O)c1ccccc1)c1ccncc1. The molecule has 2 N–H and O–H groups in total. The molecule has 5 nitrogen and oxygen atoms in total. The zero-order valence-corrected chi connectivity index (χ0v) is 11.0. The highest BCUT2D eigenvalue weighted by atomic mass is 16.3. The molecule has 1 aromatic carbocycles. The summed E-state index contributed by atoms with van der Waals surface area (Å²) in [7, 11) is 0. The maximum absolute atomic E-state index is 11.8. The summed E-state index contributed by atoms with van der Waals surface area (Å²) in [6.07, 6.45) is 2.06. The molecule has 2 aromatic rings. The van der Waals surface area contributed by atoms with Gasteiger partial charge in [0.15, 0.2) is 6.10 Å². The molecule has 0 radical (unpaired) electrons.